The van der Waals surface area contributed by atoms with Gasteiger partial charge < -0.3 is 15.5 Å². The Morgan fingerprint density at radius 1 is 0.778 bits per heavy atom. The van der Waals surface area contributed by atoms with Gasteiger partial charge in [-0.05, 0) is 42.5 Å². The topological polar surface area (TPSA) is 66.0 Å². The highest BCUT2D eigenvalue weighted by Crippen LogP contribution is 2.24. The second kappa shape index (κ2) is 7.29. The van der Waals surface area contributed by atoms with Crippen molar-refractivity contribution in [2.24, 2.45) is 0 Å². The normalized spacial score (nSPS) is 10.6. The van der Waals surface area contributed by atoms with Crippen molar-refractivity contribution in [2.75, 3.05) is 29.6 Å². The van der Waals surface area contributed by atoms with Crippen LogP contribution in [0.15, 0.2) is 73.1 Å². The van der Waals surface area contributed by atoms with E-state index in [2.05, 4.69) is 30.5 Å². The molecule has 4 aromatic rings. The fourth-order valence-corrected chi connectivity index (χ4v) is 2.80. The van der Waals surface area contributed by atoms with Gasteiger partial charge in [-0.3, -0.25) is 4.98 Å². The average molecular weight is 356 g/mol. The third-order valence-electron chi connectivity index (χ3n) is 4.19. The van der Waals surface area contributed by atoms with E-state index in [-0.39, 0.29) is 0 Å². The number of fused-ring (bicyclic) bond motifs is 1. The number of para-hydroxylation sites is 1. The number of pyridine rings is 1. The maximum Gasteiger partial charge on any atom is 0.229 e. The van der Waals surface area contributed by atoms with E-state index in [1.54, 1.807) is 12.4 Å². The van der Waals surface area contributed by atoms with Crippen LogP contribution in [0.5, 0.6) is 0 Å². The Kier molecular flexibility index (Phi) is 4.53. The summed E-state index contributed by atoms with van der Waals surface area (Å²) < 4.78 is 0. The Bertz CT molecular complexity index is 1050. The van der Waals surface area contributed by atoms with Crippen LogP contribution in [0.25, 0.3) is 10.9 Å². The molecular formula is C21H20N6. The van der Waals surface area contributed by atoms with Crippen molar-refractivity contribution in [3.8, 4) is 0 Å². The van der Waals surface area contributed by atoms with Crippen LogP contribution in [-0.4, -0.2) is 29.0 Å². The molecule has 0 amide bonds. The maximum atomic E-state index is 4.56. The van der Waals surface area contributed by atoms with Crippen LogP contribution in [0, 0.1) is 0 Å². The molecular weight excluding hydrogens is 336 g/mol. The minimum atomic E-state index is 0.533. The molecule has 4 rings (SSSR count). The number of anilines is 5. The second-order valence-electron chi connectivity index (χ2n) is 6.34. The molecule has 2 aromatic carbocycles. The highest BCUT2D eigenvalue weighted by molar-refractivity contribution is 5.91. The van der Waals surface area contributed by atoms with Crippen molar-refractivity contribution in [3.63, 3.8) is 0 Å². The molecule has 0 aliphatic heterocycles. The predicted octanol–water partition coefficient (Wildman–Crippen LogP) is 4.58. The molecule has 0 bridgehead atoms. The van der Waals surface area contributed by atoms with Crippen LogP contribution in [-0.2, 0) is 0 Å². The van der Waals surface area contributed by atoms with Crippen molar-refractivity contribution < 1.29 is 0 Å². The summed E-state index contributed by atoms with van der Waals surface area (Å²) in [6.07, 6.45) is 3.52. The molecule has 0 fully saturated rings. The molecule has 6 nitrogen and oxygen atoms in total. The third-order valence-corrected chi connectivity index (χ3v) is 4.19. The maximum absolute atomic E-state index is 4.56. The molecule has 134 valence electrons. The number of nitrogens with zero attached hydrogens (tertiary/aromatic N) is 4. The van der Waals surface area contributed by atoms with Gasteiger partial charge >= 0.3 is 0 Å². The molecule has 2 N–H and O–H groups in total. The summed E-state index contributed by atoms with van der Waals surface area (Å²) in [6.45, 7) is 0. The lowest BCUT2D eigenvalue weighted by molar-refractivity contribution is 1.13. The Morgan fingerprint density at radius 2 is 1.59 bits per heavy atom. The summed E-state index contributed by atoms with van der Waals surface area (Å²) in [5.41, 5.74) is 3.89. The van der Waals surface area contributed by atoms with Crippen molar-refractivity contribution in [1.82, 2.24) is 15.0 Å². The smallest absolute Gasteiger partial charge is 0.229 e. The van der Waals surface area contributed by atoms with Crippen LogP contribution in [0.3, 0.4) is 0 Å². The van der Waals surface area contributed by atoms with Gasteiger partial charge in [-0.1, -0.05) is 18.2 Å². The van der Waals surface area contributed by atoms with E-state index >= 15 is 0 Å². The van der Waals surface area contributed by atoms with E-state index in [0.717, 1.165) is 28.0 Å². The predicted molar refractivity (Wildman–Crippen MR) is 111 cm³/mol. The van der Waals surface area contributed by atoms with Crippen LogP contribution in [0.1, 0.15) is 0 Å². The van der Waals surface area contributed by atoms with Gasteiger partial charge in [-0.15, -0.1) is 0 Å². The van der Waals surface area contributed by atoms with Gasteiger partial charge in [0, 0.05) is 43.3 Å². The van der Waals surface area contributed by atoms with E-state index < -0.39 is 0 Å². The lowest BCUT2D eigenvalue weighted by Gasteiger charge is -2.13. The fraction of sp³-hybridized carbons (Fsp3) is 0.0952. The van der Waals surface area contributed by atoms with Crippen molar-refractivity contribution in [1.29, 1.82) is 0 Å². The zero-order valence-electron chi connectivity index (χ0n) is 15.2. The van der Waals surface area contributed by atoms with Crippen molar-refractivity contribution in [3.05, 3.63) is 73.1 Å². The summed E-state index contributed by atoms with van der Waals surface area (Å²) in [7, 11) is 4.03. The first-order valence-electron chi connectivity index (χ1n) is 8.67. The van der Waals surface area contributed by atoms with E-state index in [9.17, 15) is 0 Å². The summed E-state index contributed by atoms with van der Waals surface area (Å²) in [5.74, 6) is 1.24. The van der Waals surface area contributed by atoms with Crippen LogP contribution in [0.4, 0.5) is 28.8 Å². The first-order chi connectivity index (χ1) is 13.2. The molecule has 0 saturated heterocycles. The van der Waals surface area contributed by atoms with E-state index in [1.807, 2.05) is 74.8 Å². The summed E-state index contributed by atoms with van der Waals surface area (Å²) in [5, 5.41) is 7.65. The SMILES string of the molecule is CN(C)c1ccc(Nc2nccc(Nc3cccc4cccnc34)n2)cc1. The fourth-order valence-electron chi connectivity index (χ4n) is 2.80. The molecule has 0 atom stereocenters. The first kappa shape index (κ1) is 16.8. The Hall–Kier alpha value is -3.67. The molecule has 0 spiro atoms. The molecule has 0 aliphatic carbocycles. The molecule has 27 heavy (non-hydrogen) atoms. The Balaban J connectivity index is 1.55. The number of hydrogen-bond acceptors (Lipinski definition) is 6. The van der Waals surface area contributed by atoms with Gasteiger partial charge in [0.15, 0.2) is 0 Å². The number of hydrogen-bond donors (Lipinski definition) is 2. The van der Waals surface area contributed by atoms with Crippen molar-refractivity contribution in [2.45, 2.75) is 0 Å². The summed E-state index contributed by atoms with van der Waals surface area (Å²) in [4.78, 5) is 15.4. The standard InChI is InChI=1S/C21H20N6/c1-27(2)17-10-8-16(9-11-17)24-21-23-14-12-19(26-21)25-18-7-3-5-15-6-4-13-22-20(15)18/h3-14H,1-2H3,(H2,23,24,25,26). The molecule has 0 aliphatic rings. The van der Waals surface area contributed by atoms with Gasteiger partial charge in [-0.2, -0.15) is 4.98 Å². The minimum Gasteiger partial charge on any atom is -0.378 e. The zero-order chi connectivity index (χ0) is 18.6. The van der Waals surface area contributed by atoms with Gasteiger partial charge in [0.25, 0.3) is 0 Å². The lowest BCUT2D eigenvalue weighted by atomic mass is 10.2. The largest absolute Gasteiger partial charge is 0.378 e. The number of benzene rings is 2. The van der Waals surface area contributed by atoms with Crippen LogP contribution >= 0.6 is 0 Å². The number of aromatic nitrogens is 3. The number of rotatable bonds is 5. The lowest BCUT2D eigenvalue weighted by Crippen LogP contribution is -2.08. The Morgan fingerprint density at radius 3 is 2.41 bits per heavy atom. The van der Waals surface area contributed by atoms with Gasteiger partial charge in [0.05, 0.1) is 11.2 Å². The highest BCUT2D eigenvalue weighted by atomic mass is 15.1. The number of nitrogens with one attached hydrogen (secondary N) is 2. The molecule has 0 saturated carbocycles. The quantitative estimate of drug-likeness (QED) is 0.546. The van der Waals surface area contributed by atoms with Gasteiger partial charge in [0.1, 0.15) is 5.82 Å². The van der Waals surface area contributed by atoms with Gasteiger partial charge in [0.2, 0.25) is 5.95 Å². The Labute approximate surface area is 157 Å². The van der Waals surface area contributed by atoms with E-state index in [0.29, 0.717) is 11.8 Å². The van der Waals surface area contributed by atoms with Crippen LogP contribution in [0.2, 0.25) is 0 Å². The highest BCUT2D eigenvalue weighted by Gasteiger charge is 2.05. The average Bonchev–Trinajstić information content (AvgIpc) is 2.69. The summed E-state index contributed by atoms with van der Waals surface area (Å²) >= 11 is 0. The molecule has 2 aromatic heterocycles. The van der Waals surface area contributed by atoms with E-state index in [4.69, 9.17) is 0 Å². The monoisotopic (exact) mass is 356 g/mol. The minimum absolute atomic E-state index is 0.533. The molecule has 2 heterocycles. The zero-order valence-corrected chi connectivity index (χ0v) is 15.2. The summed E-state index contributed by atoms with van der Waals surface area (Å²) in [6, 6.07) is 19.9. The van der Waals surface area contributed by atoms with Gasteiger partial charge in [-0.25, -0.2) is 4.98 Å². The van der Waals surface area contributed by atoms with Crippen LogP contribution < -0.4 is 15.5 Å². The van der Waals surface area contributed by atoms with E-state index in [1.165, 1.54) is 0 Å². The van der Waals surface area contributed by atoms with Crippen molar-refractivity contribution >= 4 is 39.7 Å². The second-order valence-corrected chi connectivity index (χ2v) is 6.34. The molecule has 6 heteroatoms. The molecule has 0 radical (unpaired) electrons. The third kappa shape index (κ3) is 3.79. The first-order valence-corrected chi connectivity index (χ1v) is 8.67. The molecule has 0 unspecified atom stereocenters.